The molecule has 4 nitrogen and oxygen atoms in total. The van der Waals surface area contributed by atoms with E-state index in [0.29, 0.717) is 6.61 Å². The molecular formula is C14H17BrN2O2. The summed E-state index contributed by atoms with van der Waals surface area (Å²) in [4.78, 5) is 4.27. The van der Waals surface area contributed by atoms with Crippen LogP contribution >= 0.6 is 15.9 Å². The molecule has 0 aliphatic heterocycles. The fourth-order valence-electron chi connectivity index (χ4n) is 2.03. The lowest BCUT2D eigenvalue weighted by molar-refractivity contribution is 0.252. The highest BCUT2D eigenvalue weighted by Gasteiger charge is 2.10. The Hall–Kier alpha value is -1.33. The van der Waals surface area contributed by atoms with Crippen molar-refractivity contribution in [2.75, 3.05) is 0 Å². The van der Waals surface area contributed by atoms with Gasteiger partial charge in [0.05, 0.1) is 6.61 Å². The van der Waals surface area contributed by atoms with Gasteiger partial charge in [-0.05, 0) is 31.5 Å². The zero-order valence-electron chi connectivity index (χ0n) is 11.1. The monoisotopic (exact) mass is 324 g/mol. The summed E-state index contributed by atoms with van der Waals surface area (Å²) in [7, 11) is 0. The third-order valence-electron chi connectivity index (χ3n) is 2.97. The Balaban J connectivity index is 2.20. The van der Waals surface area contributed by atoms with E-state index in [1.54, 1.807) is 6.20 Å². The van der Waals surface area contributed by atoms with Gasteiger partial charge in [-0.3, -0.25) is 0 Å². The van der Waals surface area contributed by atoms with Crippen molar-refractivity contribution in [1.82, 2.24) is 9.55 Å². The van der Waals surface area contributed by atoms with Crippen molar-refractivity contribution in [3.63, 3.8) is 0 Å². The van der Waals surface area contributed by atoms with Crippen molar-refractivity contribution >= 4 is 15.9 Å². The van der Waals surface area contributed by atoms with Crippen LogP contribution in [0.2, 0.25) is 0 Å². The van der Waals surface area contributed by atoms with Gasteiger partial charge in [0.1, 0.15) is 18.2 Å². The van der Waals surface area contributed by atoms with E-state index < -0.39 is 0 Å². The molecule has 1 heterocycles. The standard InChI is InChI=1S/C14H17BrN2O2/c1-3-17-5-4-16-13(17)9-19-14-10(2)6-12(15)7-11(14)8-18/h4-7,18H,3,8-9H2,1-2H3. The molecule has 0 aliphatic carbocycles. The molecule has 19 heavy (non-hydrogen) atoms. The van der Waals surface area contributed by atoms with Crippen molar-refractivity contribution in [2.45, 2.75) is 33.6 Å². The molecule has 1 aromatic carbocycles. The summed E-state index contributed by atoms with van der Waals surface area (Å²) >= 11 is 3.42. The Morgan fingerprint density at radius 1 is 1.42 bits per heavy atom. The van der Waals surface area contributed by atoms with Gasteiger partial charge in [-0.2, -0.15) is 0 Å². The van der Waals surface area contributed by atoms with Crippen LogP contribution in [0.25, 0.3) is 0 Å². The number of imidazole rings is 1. The predicted molar refractivity (Wildman–Crippen MR) is 77.0 cm³/mol. The predicted octanol–water partition coefficient (Wildman–Crippen LogP) is 3.05. The maximum Gasteiger partial charge on any atom is 0.146 e. The van der Waals surface area contributed by atoms with Crippen LogP contribution in [0.3, 0.4) is 0 Å². The van der Waals surface area contributed by atoms with Crippen LogP contribution in [-0.4, -0.2) is 14.7 Å². The third kappa shape index (κ3) is 3.16. The first-order chi connectivity index (χ1) is 9.15. The Morgan fingerprint density at radius 3 is 2.89 bits per heavy atom. The molecule has 1 N–H and O–H groups in total. The number of ether oxygens (including phenoxy) is 1. The van der Waals surface area contributed by atoms with Crippen LogP contribution < -0.4 is 4.74 Å². The maximum absolute atomic E-state index is 9.40. The molecule has 2 aromatic rings. The molecule has 102 valence electrons. The first-order valence-electron chi connectivity index (χ1n) is 6.18. The number of aryl methyl sites for hydroxylation is 2. The molecule has 1 aromatic heterocycles. The second-order valence-corrected chi connectivity index (χ2v) is 5.20. The van der Waals surface area contributed by atoms with E-state index in [2.05, 4.69) is 27.8 Å². The molecule has 0 saturated carbocycles. The van der Waals surface area contributed by atoms with Crippen molar-refractivity contribution in [3.05, 3.63) is 46.0 Å². The summed E-state index contributed by atoms with van der Waals surface area (Å²) in [5.41, 5.74) is 1.77. The number of halogens is 1. The van der Waals surface area contributed by atoms with E-state index in [1.807, 2.05) is 29.8 Å². The van der Waals surface area contributed by atoms with Crippen LogP contribution in [0.5, 0.6) is 5.75 Å². The van der Waals surface area contributed by atoms with Gasteiger partial charge in [-0.15, -0.1) is 0 Å². The van der Waals surface area contributed by atoms with E-state index in [1.165, 1.54) is 0 Å². The third-order valence-corrected chi connectivity index (χ3v) is 3.43. The maximum atomic E-state index is 9.40. The molecule has 5 heteroatoms. The summed E-state index contributed by atoms with van der Waals surface area (Å²) in [6, 6.07) is 3.84. The van der Waals surface area contributed by atoms with Crippen molar-refractivity contribution < 1.29 is 9.84 Å². The van der Waals surface area contributed by atoms with E-state index >= 15 is 0 Å². The summed E-state index contributed by atoms with van der Waals surface area (Å²) < 4.78 is 8.81. The summed E-state index contributed by atoms with van der Waals surface area (Å²) in [6.45, 7) is 5.25. The average molecular weight is 325 g/mol. The lowest BCUT2D eigenvalue weighted by Crippen LogP contribution is -2.07. The Bertz CT molecular complexity index is 567. The first-order valence-corrected chi connectivity index (χ1v) is 6.97. The van der Waals surface area contributed by atoms with Gasteiger partial charge >= 0.3 is 0 Å². The van der Waals surface area contributed by atoms with Gasteiger partial charge < -0.3 is 14.4 Å². The molecular weight excluding hydrogens is 308 g/mol. The zero-order valence-corrected chi connectivity index (χ0v) is 12.6. The highest BCUT2D eigenvalue weighted by molar-refractivity contribution is 9.10. The number of hydrogen-bond acceptors (Lipinski definition) is 3. The molecule has 2 rings (SSSR count). The Labute approximate surface area is 121 Å². The molecule has 0 atom stereocenters. The summed E-state index contributed by atoms with van der Waals surface area (Å²) in [5.74, 6) is 1.62. The van der Waals surface area contributed by atoms with E-state index in [9.17, 15) is 5.11 Å². The van der Waals surface area contributed by atoms with Crippen LogP contribution in [-0.2, 0) is 19.8 Å². The second-order valence-electron chi connectivity index (χ2n) is 4.29. The number of aliphatic hydroxyl groups is 1. The smallest absolute Gasteiger partial charge is 0.146 e. The SMILES string of the molecule is CCn1ccnc1COc1c(C)cc(Br)cc1CO. The van der Waals surface area contributed by atoms with Crippen LogP contribution in [0, 0.1) is 6.92 Å². The molecule has 0 aliphatic rings. The van der Waals surface area contributed by atoms with Gasteiger partial charge in [-0.1, -0.05) is 15.9 Å². The molecule has 0 bridgehead atoms. The average Bonchev–Trinajstić information content (AvgIpc) is 2.84. The number of rotatable bonds is 5. The lowest BCUT2D eigenvalue weighted by atomic mass is 10.1. The van der Waals surface area contributed by atoms with Gasteiger partial charge in [0.2, 0.25) is 0 Å². The van der Waals surface area contributed by atoms with Crippen LogP contribution in [0.1, 0.15) is 23.9 Å². The molecule has 0 radical (unpaired) electrons. The van der Waals surface area contributed by atoms with Gasteiger partial charge in [-0.25, -0.2) is 4.98 Å². The summed E-state index contributed by atoms with van der Waals surface area (Å²) in [6.07, 6.45) is 3.70. The lowest BCUT2D eigenvalue weighted by Gasteiger charge is -2.14. The highest BCUT2D eigenvalue weighted by Crippen LogP contribution is 2.28. The minimum Gasteiger partial charge on any atom is -0.485 e. The second kappa shape index (κ2) is 6.21. The summed E-state index contributed by atoms with van der Waals surface area (Å²) in [5, 5.41) is 9.40. The van der Waals surface area contributed by atoms with E-state index in [-0.39, 0.29) is 6.61 Å². The molecule has 0 spiro atoms. The van der Waals surface area contributed by atoms with Gasteiger partial charge in [0.15, 0.2) is 0 Å². The van der Waals surface area contributed by atoms with E-state index in [0.717, 1.165) is 33.7 Å². The number of aliphatic hydroxyl groups excluding tert-OH is 1. The van der Waals surface area contributed by atoms with E-state index in [4.69, 9.17) is 4.74 Å². The minimum atomic E-state index is -0.0438. The van der Waals surface area contributed by atoms with Crippen LogP contribution in [0.15, 0.2) is 29.0 Å². The van der Waals surface area contributed by atoms with Gasteiger partial charge in [0.25, 0.3) is 0 Å². The van der Waals surface area contributed by atoms with Crippen molar-refractivity contribution in [2.24, 2.45) is 0 Å². The van der Waals surface area contributed by atoms with Crippen molar-refractivity contribution in [3.8, 4) is 5.75 Å². The molecule has 0 unspecified atom stereocenters. The highest BCUT2D eigenvalue weighted by atomic mass is 79.9. The molecule has 0 saturated heterocycles. The van der Waals surface area contributed by atoms with Crippen molar-refractivity contribution in [1.29, 1.82) is 0 Å². The van der Waals surface area contributed by atoms with Gasteiger partial charge in [0, 0.05) is 29.0 Å². The number of hydrogen-bond donors (Lipinski definition) is 1. The normalized spacial score (nSPS) is 10.7. The topological polar surface area (TPSA) is 47.3 Å². The Morgan fingerprint density at radius 2 is 2.21 bits per heavy atom. The fraction of sp³-hybridized carbons (Fsp3) is 0.357. The Kier molecular flexibility index (Phi) is 4.61. The minimum absolute atomic E-state index is 0.0438. The quantitative estimate of drug-likeness (QED) is 0.919. The number of benzene rings is 1. The first kappa shape index (κ1) is 14.1. The zero-order chi connectivity index (χ0) is 13.8. The molecule has 0 fully saturated rings. The number of aromatic nitrogens is 2. The fourth-order valence-corrected chi connectivity index (χ4v) is 2.65. The largest absolute Gasteiger partial charge is 0.485 e. The number of nitrogens with zero attached hydrogens (tertiary/aromatic N) is 2. The molecule has 0 amide bonds. The van der Waals surface area contributed by atoms with Crippen LogP contribution in [0.4, 0.5) is 0 Å².